The Morgan fingerprint density at radius 2 is 1.49 bits per heavy atom. The summed E-state index contributed by atoms with van der Waals surface area (Å²) in [6, 6.07) is 35.9. The van der Waals surface area contributed by atoms with Gasteiger partial charge in [-0.05, 0) is 48.7 Å². The van der Waals surface area contributed by atoms with Crippen molar-refractivity contribution < 1.29 is 4.79 Å². The third kappa shape index (κ3) is 6.62. The van der Waals surface area contributed by atoms with Crippen molar-refractivity contribution in [2.24, 2.45) is 0 Å². The van der Waals surface area contributed by atoms with Gasteiger partial charge >= 0.3 is 0 Å². The maximum Gasteiger partial charge on any atom is 0.222 e. The maximum atomic E-state index is 13.0. The molecule has 196 valence electrons. The van der Waals surface area contributed by atoms with Crippen LogP contribution in [-0.4, -0.2) is 29.0 Å². The predicted molar refractivity (Wildman–Crippen MR) is 160 cm³/mol. The van der Waals surface area contributed by atoms with Crippen molar-refractivity contribution in [3.05, 3.63) is 125 Å². The minimum absolute atomic E-state index is 0.000697. The number of carbonyl (C=O) groups excluding carboxylic acids is 1. The van der Waals surface area contributed by atoms with Gasteiger partial charge in [-0.2, -0.15) is 0 Å². The fraction of sp³-hybridized carbons (Fsp3) is 0.182. The Bertz CT molecular complexity index is 1540. The van der Waals surface area contributed by atoms with E-state index in [0.29, 0.717) is 30.4 Å². The van der Waals surface area contributed by atoms with Crippen LogP contribution in [0.1, 0.15) is 30.5 Å². The fourth-order valence-corrected chi connectivity index (χ4v) is 4.89. The number of nitrogens with one attached hydrogen (secondary N) is 1. The molecule has 0 saturated heterocycles. The van der Waals surface area contributed by atoms with Crippen molar-refractivity contribution in [3.8, 4) is 11.4 Å². The molecule has 5 nitrogen and oxygen atoms in total. The second-order valence-electron chi connectivity index (χ2n) is 9.54. The van der Waals surface area contributed by atoms with Crippen LogP contribution in [0.3, 0.4) is 0 Å². The summed E-state index contributed by atoms with van der Waals surface area (Å²) in [5, 5.41) is 4.69. The van der Waals surface area contributed by atoms with Gasteiger partial charge in [0.25, 0.3) is 0 Å². The summed E-state index contributed by atoms with van der Waals surface area (Å²) in [6.45, 7) is 3.23. The largest absolute Gasteiger partial charge is 0.355 e. The SMILES string of the molecule is C[C@@H](NC(=O)CCN(CCc1ccccc1)c1nc(-c2ccccc2Cl)nc2ccccc12)c1ccccc1. The lowest BCUT2D eigenvalue weighted by Crippen LogP contribution is -2.34. The standard InChI is InChI=1S/C33H31ClN4O/c1-24(26-14-6-3-7-15-26)35-31(39)21-23-38(22-20-25-12-4-2-5-13-25)33-28-17-9-11-19-30(28)36-32(37-33)27-16-8-10-18-29(27)34/h2-19,24H,20-23H2,1H3,(H,35,39)/t24-/m1/s1. The van der Waals surface area contributed by atoms with Gasteiger partial charge in [0.2, 0.25) is 5.91 Å². The van der Waals surface area contributed by atoms with Crippen LogP contribution in [0, 0.1) is 0 Å². The summed E-state index contributed by atoms with van der Waals surface area (Å²) in [5.74, 6) is 1.37. The molecule has 0 aliphatic carbocycles. The Hall–Kier alpha value is -4.22. The van der Waals surface area contributed by atoms with Gasteiger partial charge in [0, 0.05) is 30.5 Å². The molecule has 5 aromatic rings. The molecule has 4 aromatic carbocycles. The third-order valence-electron chi connectivity index (χ3n) is 6.80. The quantitative estimate of drug-likeness (QED) is 0.205. The predicted octanol–water partition coefficient (Wildman–Crippen LogP) is 7.27. The molecule has 1 atom stereocenters. The average molecular weight is 535 g/mol. The molecule has 1 heterocycles. The number of amides is 1. The molecular weight excluding hydrogens is 504 g/mol. The molecule has 0 spiro atoms. The molecule has 39 heavy (non-hydrogen) atoms. The second-order valence-corrected chi connectivity index (χ2v) is 9.95. The first-order valence-corrected chi connectivity index (χ1v) is 13.6. The van der Waals surface area contributed by atoms with Crippen LogP contribution in [0.5, 0.6) is 0 Å². The zero-order valence-corrected chi connectivity index (χ0v) is 22.7. The number of carbonyl (C=O) groups is 1. The number of hydrogen-bond acceptors (Lipinski definition) is 4. The molecular formula is C33H31ClN4O. The van der Waals surface area contributed by atoms with Crippen LogP contribution in [0.25, 0.3) is 22.3 Å². The first-order valence-electron chi connectivity index (χ1n) is 13.2. The lowest BCUT2D eigenvalue weighted by Gasteiger charge is -2.26. The molecule has 0 unspecified atom stereocenters. The van der Waals surface area contributed by atoms with Crippen LogP contribution in [-0.2, 0) is 11.2 Å². The van der Waals surface area contributed by atoms with E-state index in [9.17, 15) is 4.79 Å². The van der Waals surface area contributed by atoms with Crippen molar-refractivity contribution in [1.29, 1.82) is 0 Å². The number of hydrogen-bond donors (Lipinski definition) is 1. The molecule has 6 heteroatoms. The number of anilines is 1. The lowest BCUT2D eigenvalue weighted by atomic mass is 10.1. The van der Waals surface area contributed by atoms with Crippen molar-refractivity contribution in [2.75, 3.05) is 18.0 Å². The second kappa shape index (κ2) is 12.5. The van der Waals surface area contributed by atoms with E-state index < -0.39 is 0 Å². The molecule has 0 saturated carbocycles. The summed E-state index contributed by atoms with van der Waals surface area (Å²) >= 11 is 6.54. The normalized spacial score (nSPS) is 11.7. The van der Waals surface area contributed by atoms with Gasteiger partial charge in [0.1, 0.15) is 5.82 Å². The fourth-order valence-electron chi connectivity index (χ4n) is 4.67. The molecule has 0 aliphatic rings. The summed E-state index contributed by atoms with van der Waals surface area (Å²) in [7, 11) is 0. The van der Waals surface area contributed by atoms with E-state index in [1.54, 1.807) is 0 Å². The number of rotatable bonds is 10. The summed E-state index contributed by atoms with van der Waals surface area (Å²) in [4.78, 5) is 25.1. The molecule has 1 aromatic heterocycles. The van der Waals surface area contributed by atoms with Gasteiger partial charge in [0.15, 0.2) is 5.82 Å². The first kappa shape index (κ1) is 26.4. The van der Waals surface area contributed by atoms with Crippen molar-refractivity contribution >= 4 is 34.2 Å². The van der Waals surface area contributed by atoms with Crippen LogP contribution < -0.4 is 10.2 Å². The maximum absolute atomic E-state index is 13.0. The molecule has 0 fully saturated rings. The monoisotopic (exact) mass is 534 g/mol. The zero-order valence-electron chi connectivity index (χ0n) is 21.9. The first-order chi connectivity index (χ1) is 19.1. The third-order valence-corrected chi connectivity index (χ3v) is 7.13. The number of halogens is 1. The summed E-state index contributed by atoms with van der Waals surface area (Å²) < 4.78 is 0. The van der Waals surface area contributed by atoms with Gasteiger partial charge in [0.05, 0.1) is 16.6 Å². The Morgan fingerprint density at radius 3 is 2.26 bits per heavy atom. The molecule has 1 amide bonds. The van der Waals surface area contributed by atoms with E-state index >= 15 is 0 Å². The van der Waals surface area contributed by atoms with E-state index in [4.69, 9.17) is 21.6 Å². The number of para-hydroxylation sites is 1. The zero-order chi connectivity index (χ0) is 27.0. The van der Waals surface area contributed by atoms with Crippen LogP contribution in [0.15, 0.2) is 109 Å². The number of benzene rings is 4. The van der Waals surface area contributed by atoms with Crippen LogP contribution >= 0.6 is 11.6 Å². The highest BCUT2D eigenvalue weighted by atomic mass is 35.5. The van der Waals surface area contributed by atoms with Crippen LogP contribution in [0.4, 0.5) is 5.82 Å². The van der Waals surface area contributed by atoms with Gasteiger partial charge < -0.3 is 10.2 Å². The van der Waals surface area contributed by atoms with Gasteiger partial charge in [-0.1, -0.05) is 96.5 Å². The number of aromatic nitrogens is 2. The Balaban J connectivity index is 1.45. The molecule has 5 rings (SSSR count). The number of nitrogens with zero attached hydrogens (tertiary/aromatic N) is 3. The Kier molecular flexibility index (Phi) is 8.49. The lowest BCUT2D eigenvalue weighted by molar-refractivity contribution is -0.121. The van der Waals surface area contributed by atoms with Crippen molar-refractivity contribution in [1.82, 2.24) is 15.3 Å². The van der Waals surface area contributed by atoms with E-state index in [1.165, 1.54) is 5.56 Å². The molecule has 0 aliphatic heterocycles. The van der Waals surface area contributed by atoms with Gasteiger partial charge in [-0.3, -0.25) is 4.79 Å². The molecule has 1 N–H and O–H groups in total. The van der Waals surface area contributed by atoms with E-state index in [-0.39, 0.29) is 11.9 Å². The Morgan fingerprint density at radius 1 is 0.821 bits per heavy atom. The smallest absolute Gasteiger partial charge is 0.222 e. The highest BCUT2D eigenvalue weighted by Crippen LogP contribution is 2.31. The highest BCUT2D eigenvalue weighted by Gasteiger charge is 2.18. The Labute approximate surface area is 234 Å². The number of fused-ring (bicyclic) bond motifs is 1. The minimum atomic E-state index is -0.0665. The summed E-state index contributed by atoms with van der Waals surface area (Å²) in [6.07, 6.45) is 1.16. The van der Waals surface area contributed by atoms with Crippen molar-refractivity contribution in [3.63, 3.8) is 0 Å². The van der Waals surface area contributed by atoms with E-state index in [1.807, 2.05) is 104 Å². The van der Waals surface area contributed by atoms with E-state index in [2.05, 4.69) is 22.3 Å². The van der Waals surface area contributed by atoms with Crippen molar-refractivity contribution in [2.45, 2.75) is 25.8 Å². The highest BCUT2D eigenvalue weighted by molar-refractivity contribution is 6.33. The van der Waals surface area contributed by atoms with Crippen LogP contribution in [0.2, 0.25) is 5.02 Å². The average Bonchev–Trinajstić information content (AvgIpc) is 2.98. The van der Waals surface area contributed by atoms with E-state index in [0.717, 1.165) is 34.3 Å². The summed E-state index contributed by atoms with van der Waals surface area (Å²) in [5.41, 5.74) is 3.93. The minimum Gasteiger partial charge on any atom is -0.355 e. The van der Waals surface area contributed by atoms with Gasteiger partial charge in [-0.25, -0.2) is 9.97 Å². The molecule has 0 radical (unpaired) electrons. The molecule has 0 bridgehead atoms. The van der Waals surface area contributed by atoms with Gasteiger partial charge in [-0.15, -0.1) is 0 Å². The topological polar surface area (TPSA) is 58.1 Å².